The first-order chi connectivity index (χ1) is 14.1. The summed E-state index contributed by atoms with van der Waals surface area (Å²) in [4.78, 5) is 24.5. The predicted molar refractivity (Wildman–Crippen MR) is 113 cm³/mol. The first-order valence-corrected chi connectivity index (χ1v) is 9.85. The van der Waals surface area contributed by atoms with Crippen molar-refractivity contribution >= 4 is 23.7 Å². The lowest BCUT2D eigenvalue weighted by atomic mass is 10.1. The Morgan fingerprint density at radius 1 is 1.10 bits per heavy atom. The van der Waals surface area contributed by atoms with Crippen LogP contribution < -0.4 is 10.6 Å². The van der Waals surface area contributed by atoms with E-state index in [1.165, 1.54) is 18.8 Å². The molecular formula is C21H21N5O2S. The normalized spacial score (nSPS) is 11.5. The average Bonchev–Trinajstić information content (AvgIpc) is 3.15. The second-order valence-corrected chi connectivity index (χ2v) is 7.12. The molecule has 8 heteroatoms. The summed E-state index contributed by atoms with van der Waals surface area (Å²) in [7, 11) is 1.46. The highest BCUT2D eigenvalue weighted by Gasteiger charge is 2.26. The fraction of sp³-hybridized carbons (Fsp3) is 0.143. The van der Waals surface area contributed by atoms with Gasteiger partial charge in [0.2, 0.25) is 5.91 Å². The molecule has 0 aliphatic carbocycles. The van der Waals surface area contributed by atoms with Gasteiger partial charge in [-0.3, -0.25) is 14.7 Å². The van der Waals surface area contributed by atoms with Crippen molar-refractivity contribution in [1.82, 2.24) is 25.4 Å². The van der Waals surface area contributed by atoms with Gasteiger partial charge in [-0.15, -0.1) is 16.8 Å². The quantitative estimate of drug-likeness (QED) is 0.463. The summed E-state index contributed by atoms with van der Waals surface area (Å²) in [6, 6.07) is 18.4. The molecular weight excluding hydrogens is 386 g/mol. The monoisotopic (exact) mass is 407 g/mol. The number of allylic oxidation sites excluding steroid dienone is 1. The Kier molecular flexibility index (Phi) is 6.80. The van der Waals surface area contributed by atoms with E-state index >= 15 is 0 Å². The van der Waals surface area contributed by atoms with Gasteiger partial charge in [-0.05, 0) is 5.56 Å². The van der Waals surface area contributed by atoms with Gasteiger partial charge in [0.25, 0.3) is 0 Å². The lowest BCUT2D eigenvalue weighted by molar-refractivity contribution is -0.119. The molecule has 1 heterocycles. The lowest BCUT2D eigenvalue weighted by Crippen LogP contribution is -2.39. The summed E-state index contributed by atoms with van der Waals surface area (Å²) in [5.74, 6) is 0.251. The third-order valence-electron chi connectivity index (χ3n) is 4.09. The molecule has 0 unspecified atom stereocenters. The molecule has 1 atom stereocenters. The van der Waals surface area contributed by atoms with E-state index in [9.17, 15) is 9.59 Å². The van der Waals surface area contributed by atoms with Crippen LogP contribution in [0.5, 0.6) is 0 Å². The van der Waals surface area contributed by atoms with Crippen LogP contribution in [-0.2, 0) is 11.3 Å². The number of amides is 3. The molecule has 148 valence electrons. The first-order valence-electron chi connectivity index (χ1n) is 8.97. The maximum absolute atomic E-state index is 12.8. The van der Waals surface area contributed by atoms with Crippen molar-refractivity contribution < 1.29 is 9.59 Å². The minimum absolute atomic E-state index is 0.435. The smallest absolute Gasteiger partial charge is 0.321 e. The fourth-order valence-corrected chi connectivity index (χ4v) is 3.76. The van der Waals surface area contributed by atoms with Crippen LogP contribution in [-0.4, -0.2) is 33.8 Å². The van der Waals surface area contributed by atoms with E-state index in [1.54, 1.807) is 6.08 Å². The van der Waals surface area contributed by atoms with Crippen molar-refractivity contribution in [2.24, 2.45) is 0 Å². The Balaban J connectivity index is 1.97. The summed E-state index contributed by atoms with van der Waals surface area (Å²) >= 11 is 1.23. The summed E-state index contributed by atoms with van der Waals surface area (Å²) < 4.78 is 1.90. The number of aromatic nitrogens is 3. The number of rotatable bonds is 7. The molecule has 0 saturated heterocycles. The molecule has 0 aliphatic heterocycles. The maximum atomic E-state index is 12.8. The van der Waals surface area contributed by atoms with Crippen molar-refractivity contribution in [2.75, 3.05) is 7.05 Å². The topological polar surface area (TPSA) is 88.9 Å². The molecule has 29 heavy (non-hydrogen) atoms. The molecule has 1 aromatic heterocycles. The molecule has 0 fully saturated rings. The van der Waals surface area contributed by atoms with Gasteiger partial charge < -0.3 is 5.32 Å². The Morgan fingerprint density at radius 3 is 2.38 bits per heavy atom. The highest BCUT2D eigenvalue weighted by molar-refractivity contribution is 8.00. The van der Waals surface area contributed by atoms with E-state index in [1.807, 2.05) is 65.2 Å². The first kappa shape index (κ1) is 20.3. The van der Waals surface area contributed by atoms with Crippen LogP contribution in [0.25, 0.3) is 11.4 Å². The average molecular weight is 407 g/mol. The number of nitrogens with zero attached hydrogens (tertiary/aromatic N) is 3. The summed E-state index contributed by atoms with van der Waals surface area (Å²) in [5.41, 5.74) is 1.67. The van der Waals surface area contributed by atoms with Crippen LogP contribution in [0.15, 0.2) is 78.5 Å². The Bertz CT molecular complexity index is 989. The number of imide groups is 1. The highest BCUT2D eigenvalue weighted by atomic mass is 32.2. The molecule has 3 amide bonds. The van der Waals surface area contributed by atoms with Crippen LogP contribution in [0.2, 0.25) is 0 Å². The van der Waals surface area contributed by atoms with Crippen molar-refractivity contribution in [3.63, 3.8) is 0 Å². The summed E-state index contributed by atoms with van der Waals surface area (Å²) in [6.07, 6.45) is 1.75. The molecule has 2 N–H and O–H groups in total. The van der Waals surface area contributed by atoms with Gasteiger partial charge in [-0.1, -0.05) is 78.5 Å². The van der Waals surface area contributed by atoms with Crippen molar-refractivity contribution in [3.8, 4) is 11.4 Å². The van der Waals surface area contributed by atoms with Gasteiger partial charge in [0.15, 0.2) is 11.0 Å². The van der Waals surface area contributed by atoms with Crippen LogP contribution in [0.1, 0.15) is 10.8 Å². The minimum atomic E-state index is -0.676. The Morgan fingerprint density at radius 2 is 1.76 bits per heavy atom. The number of benzene rings is 2. The van der Waals surface area contributed by atoms with Gasteiger partial charge in [-0.2, -0.15) is 0 Å². The van der Waals surface area contributed by atoms with E-state index < -0.39 is 17.2 Å². The standard InChI is InChI=1S/C21H21N5O2S/c1-3-14-26-18(16-12-8-5-9-13-16)24-25-21(26)29-17(15-10-6-4-7-11-15)19(27)23-20(28)22-2/h3-13,17H,1,14H2,2H3,(H2,22,23,27,28)/t17-/m1/s1. The molecule has 3 rings (SSSR count). The second kappa shape index (κ2) is 9.70. The zero-order chi connectivity index (χ0) is 20.6. The molecule has 0 spiro atoms. The van der Waals surface area contributed by atoms with E-state index in [2.05, 4.69) is 27.4 Å². The van der Waals surface area contributed by atoms with E-state index in [0.29, 0.717) is 17.5 Å². The fourth-order valence-electron chi connectivity index (χ4n) is 2.72. The molecule has 0 bridgehead atoms. The number of carbonyl (C=O) groups is 2. The summed E-state index contributed by atoms with van der Waals surface area (Å²) in [6.45, 7) is 4.30. The van der Waals surface area contributed by atoms with E-state index in [4.69, 9.17) is 0 Å². The van der Waals surface area contributed by atoms with E-state index in [-0.39, 0.29) is 0 Å². The molecule has 0 aliphatic rings. The number of carbonyl (C=O) groups excluding carboxylic acids is 2. The Labute approximate surface area is 173 Å². The third-order valence-corrected chi connectivity index (χ3v) is 5.32. The second-order valence-electron chi connectivity index (χ2n) is 6.05. The zero-order valence-electron chi connectivity index (χ0n) is 15.9. The SMILES string of the molecule is C=CCn1c(S[C@@H](C(=O)NC(=O)NC)c2ccccc2)nnc1-c1ccccc1. The van der Waals surface area contributed by atoms with Crippen molar-refractivity contribution in [2.45, 2.75) is 17.0 Å². The Hall–Kier alpha value is -3.39. The van der Waals surface area contributed by atoms with E-state index in [0.717, 1.165) is 11.1 Å². The van der Waals surface area contributed by atoms with Gasteiger partial charge in [0.05, 0.1) is 0 Å². The van der Waals surface area contributed by atoms with Crippen LogP contribution in [0.3, 0.4) is 0 Å². The van der Waals surface area contributed by atoms with Gasteiger partial charge in [-0.25, -0.2) is 4.79 Å². The number of nitrogens with one attached hydrogen (secondary N) is 2. The van der Waals surface area contributed by atoms with Crippen LogP contribution in [0.4, 0.5) is 4.79 Å². The van der Waals surface area contributed by atoms with Crippen LogP contribution >= 0.6 is 11.8 Å². The van der Waals surface area contributed by atoms with Crippen LogP contribution in [0, 0.1) is 0 Å². The largest absolute Gasteiger partial charge is 0.341 e. The summed E-state index contributed by atoms with van der Waals surface area (Å²) in [5, 5.41) is 13.3. The third kappa shape index (κ3) is 4.91. The minimum Gasteiger partial charge on any atom is -0.341 e. The number of hydrogen-bond acceptors (Lipinski definition) is 5. The molecule has 3 aromatic rings. The molecule has 0 radical (unpaired) electrons. The lowest BCUT2D eigenvalue weighted by Gasteiger charge is -2.16. The van der Waals surface area contributed by atoms with Crippen molar-refractivity contribution in [3.05, 3.63) is 78.9 Å². The number of urea groups is 1. The molecule has 7 nitrogen and oxygen atoms in total. The van der Waals surface area contributed by atoms with Gasteiger partial charge in [0.1, 0.15) is 5.25 Å². The predicted octanol–water partition coefficient (Wildman–Crippen LogP) is 3.42. The zero-order valence-corrected chi connectivity index (χ0v) is 16.7. The molecule has 2 aromatic carbocycles. The maximum Gasteiger partial charge on any atom is 0.321 e. The highest BCUT2D eigenvalue weighted by Crippen LogP contribution is 2.36. The molecule has 0 saturated carbocycles. The van der Waals surface area contributed by atoms with Gasteiger partial charge >= 0.3 is 6.03 Å². The van der Waals surface area contributed by atoms with Gasteiger partial charge in [0, 0.05) is 19.2 Å². The number of thioether (sulfide) groups is 1. The van der Waals surface area contributed by atoms with Crippen molar-refractivity contribution in [1.29, 1.82) is 0 Å². The number of hydrogen-bond donors (Lipinski definition) is 2.